The molecule has 272 valence electrons. The highest BCUT2D eigenvalue weighted by Crippen LogP contribution is 2.35. The van der Waals surface area contributed by atoms with Crippen molar-refractivity contribution < 1.29 is 18.0 Å². The molecule has 12 heteroatoms. The van der Waals surface area contributed by atoms with E-state index in [1.807, 2.05) is 18.7 Å². The summed E-state index contributed by atoms with van der Waals surface area (Å²) in [6.07, 6.45) is 7.37. The van der Waals surface area contributed by atoms with Gasteiger partial charge in [-0.05, 0) is 89.0 Å². The molecule has 1 saturated carbocycles. The second kappa shape index (κ2) is 14.6. The molecule has 7 rings (SSSR count). The van der Waals surface area contributed by atoms with Gasteiger partial charge in [-0.3, -0.25) is 14.5 Å². The van der Waals surface area contributed by atoms with Gasteiger partial charge in [-0.15, -0.1) is 0 Å². The van der Waals surface area contributed by atoms with Crippen LogP contribution >= 0.6 is 0 Å². The number of likely N-dealkylation sites (tertiary alicyclic amines) is 3. The standard InChI is InChI=1S/C39H51N7O4S/c1-28-36(29(2)41-27-40-28)38(48)43-23-18-39(3,19-24-43)45-21-15-33(16-22-45)46(26-30-7-5-4-6-8-30)32-11-9-31(10-12-32)25-44-20-17-35(37(44)47)42-51(49,50)34-13-14-34/h4-12,27,33-35,42H,13-26H2,1-3H3. The summed E-state index contributed by atoms with van der Waals surface area (Å²) >= 11 is 0. The van der Waals surface area contributed by atoms with Gasteiger partial charge >= 0.3 is 0 Å². The molecular weight excluding hydrogens is 663 g/mol. The van der Waals surface area contributed by atoms with Crippen molar-refractivity contribution in [2.75, 3.05) is 37.6 Å². The van der Waals surface area contributed by atoms with Crippen LogP contribution in [-0.4, -0.2) is 100 Å². The van der Waals surface area contributed by atoms with Crippen molar-refractivity contribution in [1.82, 2.24) is 29.4 Å². The summed E-state index contributed by atoms with van der Waals surface area (Å²) in [5, 5.41) is -0.332. The van der Waals surface area contributed by atoms with Crippen molar-refractivity contribution in [3.63, 3.8) is 0 Å². The smallest absolute Gasteiger partial charge is 0.257 e. The van der Waals surface area contributed by atoms with E-state index in [4.69, 9.17) is 0 Å². The third-order valence-corrected chi connectivity index (χ3v) is 13.6. The largest absolute Gasteiger partial charge is 0.364 e. The number of carbonyl (C=O) groups excluding carboxylic acids is 2. The number of nitrogens with zero attached hydrogens (tertiary/aromatic N) is 6. The molecule has 51 heavy (non-hydrogen) atoms. The summed E-state index contributed by atoms with van der Waals surface area (Å²) in [5.74, 6) is -0.0933. The first-order chi connectivity index (χ1) is 24.5. The summed E-state index contributed by atoms with van der Waals surface area (Å²) < 4.78 is 27.5. The maximum absolute atomic E-state index is 13.4. The average molecular weight is 714 g/mol. The minimum Gasteiger partial charge on any atom is -0.364 e. The molecular formula is C39H51N7O4S. The van der Waals surface area contributed by atoms with Gasteiger partial charge in [0.25, 0.3) is 5.91 Å². The lowest BCUT2D eigenvalue weighted by Gasteiger charge is -2.50. The number of anilines is 1. The minimum atomic E-state index is -3.41. The van der Waals surface area contributed by atoms with E-state index in [2.05, 4.69) is 86.0 Å². The molecule has 3 aliphatic heterocycles. The Kier molecular flexibility index (Phi) is 10.2. The van der Waals surface area contributed by atoms with E-state index >= 15 is 0 Å². The second-order valence-corrected chi connectivity index (χ2v) is 17.2. The molecule has 3 aromatic rings. The van der Waals surface area contributed by atoms with Crippen LogP contribution in [0.2, 0.25) is 0 Å². The highest BCUT2D eigenvalue weighted by molar-refractivity contribution is 7.90. The fourth-order valence-corrected chi connectivity index (χ4v) is 9.75. The number of hydrogen-bond acceptors (Lipinski definition) is 8. The van der Waals surface area contributed by atoms with Gasteiger partial charge in [-0.2, -0.15) is 0 Å². The number of hydrogen-bond donors (Lipinski definition) is 1. The number of rotatable bonds is 11. The second-order valence-electron chi connectivity index (χ2n) is 15.2. The third-order valence-electron chi connectivity index (χ3n) is 11.6. The van der Waals surface area contributed by atoms with Gasteiger partial charge in [-0.25, -0.2) is 23.1 Å². The molecule has 1 aliphatic carbocycles. The highest BCUT2D eigenvalue weighted by atomic mass is 32.2. The van der Waals surface area contributed by atoms with Crippen molar-refractivity contribution in [2.24, 2.45) is 0 Å². The van der Waals surface area contributed by atoms with Crippen LogP contribution < -0.4 is 9.62 Å². The number of nitrogens with one attached hydrogen (secondary N) is 1. The Hall–Kier alpha value is -3.87. The molecule has 2 aromatic carbocycles. The third kappa shape index (κ3) is 7.83. The number of piperidine rings is 2. The van der Waals surface area contributed by atoms with E-state index in [-0.39, 0.29) is 22.6 Å². The Bertz CT molecular complexity index is 1800. The molecule has 1 aromatic heterocycles. The first kappa shape index (κ1) is 35.5. The number of amides is 2. The maximum atomic E-state index is 13.4. The van der Waals surface area contributed by atoms with Crippen molar-refractivity contribution >= 4 is 27.5 Å². The lowest BCUT2D eigenvalue weighted by Crippen LogP contribution is -2.58. The molecule has 4 heterocycles. The molecule has 2 amide bonds. The molecule has 1 N–H and O–H groups in total. The summed E-state index contributed by atoms with van der Waals surface area (Å²) in [6.45, 7) is 11.4. The SMILES string of the molecule is Cc1ncnc(C)c1C(=O)N1CCC(C)(N2CCC(N(Cc3ccccc3)c3ccc(CN4CCC(NS(=O)(=O)C5CC5)C4=O)cc3)CC2)CC1. The van der Waals surface area contributed by atoms with Crippen LogP contribution in [-0.2, 0) is 27.9 Å². The summed E-state index contributed by atoms with van der Waals surface area (Å²) in [4.78, 5) is 44.0. The molecule has 0 radical (unpaired) electrons. The Labute approximate surface area is 302 Å². The quantitative estimate of drug-likeness (QED) is 0.310. The van der Waals surface area contributed by atoms with E-state index in [1.54, 1.807) is 4.90 Å². The number of benzene rings is 2. The molecule has 1 unspecified atom stereocenters. The molecule has 4 aliphatic rings. The van der Waals surface area contributed by atoms with Crippen molar-refractivity contribution in [2.45, 2.75) is 102 Å². The summed E-state index contributed by atoms with van der Waals surface area (Å²) in [5.41, 5.74) is 5.64. The van der Waals surface area contributed by atoms with Gasteiger partial charge in [0, 0.05) is 63.1 Å². The van der Waals surface area contributed by atoms with Crippen LogP contribution in [0.5, 0.6) is 0 Å². The topological polar surface area (TPSA) is 119 Å². The lowest BCUT2D eigenvalue weighted by atomic mass is 9.85. The van der Waals surface area contributed by atoms with Crippen LogP contribution in [0, 0.1) is 13.8 Å². The van der Waals surface area contributed by atoms with Crippen LogP contribution in [0.3, 0.4) is 0 Å². The van der Waals surface area contributed by atoms with E-state index in [9.17, 15) is 18.0 Å². The Balaban J connectivity index is 0.975. The number of aromatic nitrogens is 2. The monoisotopic (exact) mass is 713 g/mol. The normalized spacial score (nSPS) is 21.6. The van der Waals surface area contributed by atoms with Crippen LogP contribution in [0.1, 0.15) is 84.7 Å². The maximum Gasteiger partial charge on any atom is 0.257 e. The van der Waals surface area contributed by atoms with Crippen molar-refractivity contribution in [1.29, 1.82) is 0 Å². The van der Waals surface area contributed by atoms with Crippen molar-refractivity contribution in [3.8, 4) is 0 Å². The van der Waals surface area contributed by atoms with E-state index in [0.717, 1.165) is 81.0 Å². The zero-order valence-corrected chi connectivity index (χ0v) is 30.9. The lowest BCUT2D eigenvalue weighted by molar-refractivity contribution is -0.129. The van der Waals surface area contributed by atoms with Crippen LogP contribution in [0.15, 0.2) is 60.9 Å². The molecule has 11 nitrogen and oxygen atoms in total. The first-order valence-corrected chi connectivity index (χ1v) is 20.1. The molecule has 3 saturated heterocycles. The van der Waals surface area contributed by atoms with Gasteiger partial charge < -0.3 is 14.7 Å². The van der Waals surface area contributed by atoms with Gasteiger partial charge in [-0.1, -0.05) is 42.5 Å². The highest BCUT2D eigenvalue weighted by Gasteiger charge is 2.42. The summed E-state index contributed by atoms with van der Waals surface area (Å²) in [7, 11) is -3.41. The van der Waals surface area contributed by atoms with Crippen LogP contribution in [0.4, 0.5) is 5.69 Å². The molecule has 0 spiro atoms. The first-order valence-electron chi connectivity index (χ1n) is 18.5. The van der Waals surface area contributed by atoms with Gasteiger partial charge in [0.2, 0.25) is 15.9 Å². The zero-order chi connectivity index (χ0) is 35.8. The minimum absolute atomic E-state index is 0.0430. The van der Waals surface area contributed by atoms with E-state index in [0.29, 0.717) is 44.0 Å². The Morgan fingerprint density at radius 3 is 2.14 bits per heavy atom. The zero-order valence-electron chi connectivity index (χ0n) is 30.1. The predicted molar refractivity (Wildman–Crippen MR) is 198 cm³/mol. The van der Waals surface area contributed by atoms with E-state index < -0.39 is 16.1 Å². The number of sulfonamides is 1. The fraction of sp³-hybridized carbons (Fsp3) is 0.538. The Morgan fingerprint density at radius 2 is 1.51 bits per heavy atom. The summed E-state index contributed by atoms with van der Waals surface area (Å²) in [6, 6.07) is 18.9. The number of carbonyl (C=O) groups is 2. The van der Waals surface area contributed by atoms with Gasteiger partial charge in [0.1, 0.15) is 12.4 Å². The van der Waals surface area contributed by atoms with Gasteiger partial charge in [0.05, 0.1) is 22.2 Å². The van der Waals surface area contributed by atoms with Gasteiger partial charge in [0.15, 0.2) is 0 Å². The fourth-order valence-electron chi connectivity index (χ4n) is 8.19. The average Bonchev–Trinajstić information content (AvgIpc) is 3.95. The molecule has 1 atom stereocenters. The molecule has 0 bridgehead atoms. The van der Waals surface area contributed by atoms with Crippen molar-refractivity contribution in [3.05, 3.63) is 89.0 Å². The molecule has 4 fully saturated rings. The Morgan fingerprint density at radius 1 is 0.863 bits per heavy atom. The van der Waals surface area contributed by atoms with E-state index in [1.165, 1.54) is 11.9 Å². The number of aryl methyl sites for hydroxylation is 2. The predicted octanol–water partition coefficient (Wildman–Crippen LogP) is 4.44. The van der Waals surface area contributed by atoms with Crippen LogP contribution in [0.25, 0.3) is 0 Å².